The molecule has 2 atom stereocenters. The van der Waals surface area contributed by atoms with Gasteiger partial charge in [-0.3, -0.25) is 4.98 Å². The number of benzene rings is 1. The average Bonchev–Trinajstić information content (AvgIpc) is 2.85. The molecule has 0 spiro atoms. The van der Waals surface area contributed by atoms with Crippen LogP contribution in [-0.4, -0.2) is 11.5 Å². The molecule has 19 heavy (non-hydrogen) atoms. The van der Waals surface area contributed by atoms with Crippen LogP contribution < -0.4 is 5.32 Å². The Balaban J connectivity index is 1.65. The third kappa shape index (κ3) is 2.79. The Morgan fingerprint density at radius 1 is 1.21 bits per heavy atom. The normalized spacial score (nSPS) is 23.0. The van der Waals surface area contributed by atoms with E-state index in [1.54, 1.807) is 0 Å². The summed E-state index contributed by atoms with van der Waals surface area (Å²) in [6.07, 6.45) is 6.08. The quantitative estimate of drug-likeness (QED) is 0.898. The molecule has 1 aliphatic rings. The fraction of sp³-hybridized carbons (Fsp3) is 0.471. The lowest BCUT2D eigenvalue weighted by Gasteiger charge is -2.16. The minimum Gasteiger partial charge on any atom is -0.312 e. The molecule has 0 saturated heterocycles. The number of para-hydroxylation sites is 1. The summed E-state index contributed by atoms with van der Waals surface area (Å²) in [6, 6.07) is 10.6. The third-order valence-corrected chi connectivity index (χ3v) is 4.48. The highest BCUT2D eigenvalue weighted by Crippen LogP contribution is 2.30. The Kier molecular flexibility index (Phi) is 3.79. The minimum atomic E-state index is 0.864. The molecule has 2 aromatic rings. The van der Waals surface area contributed by atoms with Crippen LogP contribution in [0.4, 0.5) is 0 Å². The van der Waals surface area contributed by atoms with Gasteiger partial charge in [0.15, 0.2) is 0 Å². The van der Waals surface area contributed by atoms with Crippen molar-refractivity contribution in [3.63, 3.8) is 0 Å². The summed E-state index contributed by atoms with van der Waals surface area (Å²) in [5.41, 5.74) is 2.45. The lowest BCUT2D eigenvalue weighted by Crippen LogP contribution is -2.24. The van der Waals surface area contributed by atoms with E-state index >= 15 is 0 Å². The predicted molar refractivity (Wildman–Crippen MR) is 80.0 cm³/mol. The van der Waals surface area contributed by atoms with Gasteiger partial charge in [0.2, 0.25) is 0 Å². The highest BCUT2D eigenvalue weighted by Gasteiger charge is 2.22. The fourth-order valence-corrected chi connectivity index (χ4v) is 3.23. The van der Waals surface area contributed by atoms with Gasteiger partial charge in [-0.25, -0.2) is 0 Å². The Morgan fingerprint density at radius 3 is 2.95 bits per heavy atom. The van der Waals surface area contributed by atoms with Gasteiger partial charge in [0.05, 0.1) is 5.52 Å². The number of nitrogens with one attached hydrogen (secondary N) is 1. The van der Waals surface area contributed by atoms with E-state index in [-0.39, 0.29) is 0 Å². The molecule has 1 heterocycles. The van der Waals surface area contributed by atoms with Crippen LogP contribution in [0.2, 0.25) is 0 Å². The monoisotopic (exact) mass is 254 g/mol. The molecule has 0 aliphatic heterocycles. The molecule has 1 N–H and O–H groups in total. The van der Waals surface area contributed by atoms with Crippen molar-refractivity contribution in [2.24, 2.45) is 11.8 Å². The van der Waals surface area contributed by atoms with Gasteiger partial charge in [-0.1, -0.05) is 44.0 Å². The largest absolute Gasteiger partial charge is 0.312 e. The molecule has 1 fully saturated rings. The van der Waals surface area contributed by atoms with Crippen molar-refractivity contribution in [3.8, 4) is 0 Å². The summed E-state index contributed by atoms with van der Waals surface area (Å²) in [6.45, 7) is 4.46. The van der Waals surface area contributed by atoms with Crippen LogP contribution in [0.5, 0.6) is 0 Å². The molecule has 100 valence electrons. The molecular formula is C17H22N2. The molecule has 1 aromatic carbocycles. The summed E-state index contributed by atoms with van der Waals surface area (Å²) >= 11 is 0. The van der Waals surface area contributed by atoms with Crippen molar-refractivity contribution in [1.29, 1.82) is 0 Å². The van der Waals surface area contributed by atoms with E-state index in [1.807, 2.05) is 12.3 Å². The van der Waals surface area contributed by atoms with Crippen LogP contribution in [-0.2, 0) is 6.54 Å². The minimum absolute atomic E-state index is 0.864. The zero-order valence-electron chi connectivity index (χ0n) is 11.6. The van der Waals surface area contributed by atoms with Gasteiger partial charge in [-0.2, -0.15) is 0 Å². The number of fused-ring (bicyclic) bond motifs is 1. The van der Waals surface area contributed by atoms with Crippen LogP contribution in [0.1, 0.15) is 31.7 Å². The SMILES string of the molecule is CC1CCCC1CNCc1cccc2cccnc12. The molecule has 0 radical (unpaired) electrons. The number of nitrogens with zero attached hydrogens (tertiary/aromatic N) is 1. The first kappa shape index (κ1) is 12.6. The molecule has 2 unspecified atom stereocenters. The number of hydrogen-bond acceptors (Lipinski definition) is 2. The van der Waals surface area contributed by atoms with Gasteiger partial charge < -0.3 is 5.32 Å². The number of aromatic nitrogens is 1. The number of rotatable bonds is 4. The van der Waals surface area contributed by atoms with Gasteiger partial charge in [0, 0.05) is 18.1 Å². The topological polar surface area (TPSA) is 24.9 Å². The lowest BCUT2D eigenvalue weighted by molar-refractivity contribution is 0.392. The van der Waals surface area contributed by atoms with E-state index in [9.17, 15) is 0 Å². The van der Waals surface area contributed by atoms with Crippen LogP contribution in [0, 0.1) is 11.8 Å². The highest BCUT2D eigenvalue weighted by molar-refractivity contribution is 5.81. The van der Waals surface area contributed by atoms with Crippen molar-refractivity contribution >= 4 is 10.9 Å². The van der Waals surface area contributed by atoms with Gasteiger partial charge in [-0.15, -0.1) is 0 Å². The van der Waals surface area contributed by atoms with Crippen molar-refractivity contribution in [3.05, 3.63) is 42.1 Å². The molecule has 1 saturated carbocycles. The van der Waals surface area contributed by atoms with Gasteiger partial charge in [0.1, 0.15) is 0 Å². The highest BCUT2D eigenvalue weighted by atomic mass is 14.9. The first-order valence-corrected chi connectivity index (χ1v) is 7.38. The van der Waals surface area contributed by atoms with Crippen LogP contribution in [0.25, 0.3) is 10.9 Å². The lowest BCUT2D eigenvalue weighted by atomic mass is 9.98. The zero-order chi connectivity index (χ0) is 13.1. The van der Waals surface area contributed by atoms with E-state index in [0.717, 1.165) is 30.4 Å². The Morgan fingerprint density at radius 2 is 2.11 bits per heavy atom. The first-order chi connectivity index (χ1) is 9.34. The second-order valence-electron chi connectivity index (χ2n) is 5.79. The third-order valence-electron chi connectivity index (χ3n) is 4.48. The first-order valence-electron chi connectivity index (χ1n) is 7.38. The van der Waals surface area contributed by atoms with E-state index in [0.29, 0.717) is 0 Å². The molecule has 2 heteroatoms. The van der Waals surface area contributed by atoms with Crippen LogP contribution in [0.15, 0.2) is 36.5 Å². The van der Waals surface area contributed by atoms with Crippen molar-refractivity contribution in [1.82, 2.24) is 10.3 Å². The van der Waals surface area contributed by atoms with Crippen LogP contribution in [0.3, 0.4) is 0 Å². The molecule has 1 aliphatic carbocycles. The summed E-state index contributed by atoms with van der Waals surface area (Å²) in [7, 11) is 0. The van der Waals surface area contributed by atoms with Crippen LogP contribution >= 0.6 is 0 Å². The summed E-state index contributed by atoms with van der Waals surface area (Å²) < 4.78 is 0. The summed E-state index contributed by atoms with van der Waals surface area (Å²) in [5, 5.41) is 4.86. The summed E-state index contributed by atoms with van der Waals surface area (Å²) in [4.78, 5) is 4.51. The summed E-state index contributed by atoms with van der Waals surface area (Å²) in [5.74, 6) is 1.75. The van der Waals surface area contributed by atoms with Gasteiger partial charge >= 0.3 is 0 Å². The Hall–Kier alpha value is -1.41. The standard InChI is InChI=1S/C17H22N2/c1-13-5-2-7-15(13)11-18-12-16-8-3-6-14-9-4-10-19-17(14)16/h3-4,6,8-10,13,15,18H,2,5,7,11-12H2,1H3. The van der Waals surface area contributed by atoms with Crippen molar-refractivity contribution in [2.75, 3.05) is 6.54 Å². The maximum atomic E-state index is 4.51. The smallest absolute Gasteiger partial charge is 0.0746 e. The molecule has 3 rings (SSSR count). The maximum Gasteiger partial charge on any atom is 0.0746 e. The molecule has 2 nitrogen and oxygen atoms in total. The van der Waals surface area contributed by atoms with E-state index in [1.165, 1.54) is 30.2 Å². The maximum absolute atomic E-state index is 4.51. The fourth-order valence-electron chi connectivity index (χ4n) is 3.23. The van der Waals surface area contributed by atoms with E-state index in [4.69, 9.17) is 0 Å². The molecule has 0 bridgehead atoms. The Bertz CT molecular complexity index is 544. The van der Waals surface area contributed by atoms with Crippen molar-refractivity contribution in [2.45, 2.75) is 32.7 Å². The number of pyridine rings is 1. The van der Waals surface area contributed by atoms with E-state index in [2.05, 4.69) is 41.5 Å². The Labute approximate surface area is 115 Å². The predicted octanol–water partition coefficient (Wildman–Crippen LogP) is 3.76. The van der Waals surface area contributed by atoms with Gasteiger partial charge in [0.25, 0.3) is 0 Å². The van der Waals surface area contributed by atoms with Gasteiger partial charge in [-0.05, 0) is 36.4 Å². The average molecular weight is 254 g/mol. The molecule has 0 amide bonds. The second kappa shape index (κ2) is 5.70. The zero-order valence-corrected chi connectivity index (χ0v) is 11.6. The number of hydrogen-bond donors (Lipinski definition) is 1. The second-order valence-corrected chi connectivity index (χ2v) is 5.79. The molecular weight excluding hydrogens is 232 g/mol. The van der Waals surface area contributed by atoms with E-state index < -0.39 is 0 Å². The molecule has 1 aromatic heterocycles. The van der Waals surface area contributed by atoms with Crippen molar-refractivity contribution < 1.29 is 0 Å².